The second-order valence-corrected chi connectivity index (χ2v) is 6.07. The Morgan fingerprint density at radius 3 is 3.00 bits per heavy atom. The first-order chi connectivity index (χ1) is 6.65. The first-order valence-electron chi connectivity index (χ1n) is 4.09. The van der Waals surface area contributed by atoms with Gasteiger partial charge < -0.3 is 5.32 Å². The number of hydrogen-bond donors (Lipinski definition) is 2. The van der Waals surface area contributed by atoms with Crippen molar-refractivity contribution in [3.63, 3.8) is 0 Å². The molecule has 2 heterocycles. The standard InChI is InChI=1S/C7H9BrN4S2/c1-3(2)9-7-11-4-5(14-12-7)10-6(8)13-4/h3H,1-2H3,(H2,9,11,12). The highest BCUT2D eigenvalue weighted by Gasteiger charge is 2.18. The number of rotatable bonds is 1. The fourth-order valence-electron chi connectivity index (χ4n) is 0.976. The van der Waals surface area contributed by atoms with Crippen LogP contribution in [0.25, 0.3) is 0 Å². The van der Waals surface area contributed by atoms with E-state index >= 15 is 0 Å². The van der Waals surface area contributed by atoms with Gasteiger partial charge in [-0.3, -0.25) is 4.72 Å². The summed E-state index contributed by atoms with van der Waals surface area (Å²) >= 11 is 6.41. The third kappa shape index (κ3) is 2.21. The van der Waals surface area contributed by atoms with Crippen LogP contribution in [0.4, 0.5) is 5.00 Å². The number of guanidine groups is 1. The molecule has 0 spiro atoms. The van der Waals surface area contributed by atoms with Crippen molar-refractivity contribution >= 4 is 50.2 Å². The number of nitrogens with one attached hydrogen (secondary N) is 2. The maximum absolute atomic E-state index is 4.38. The minimum atomic E-state index is 0.281. The average Bonchev–Trinajstić information content (AvgIpc) is 2.42. The van der Waals surface area contributed by atoms with E-state index in [0.29, 0.717) is 0 Å². The molecule has 0 aliphatic carbocycles. The fraction of sp³-hybridized carbons (Fsp3) is 0.429. The van der Waals surface area contributed by atoms with Crippen LogP contribution in [0.5, 0.6) is 0 Å². The molecule has 0 fully saturated rings. The zero-order valence-electron chi connectivity index (χ0n) is 7.67. The van der Waals surface area contributed by atoms with Crippen LogP contribution in [-0.2, 0) is 0 Å². The van der Waals surface area contributed by atoms with Crippen LogP contribution in [0, 0.1) is 0 Å². The molecule has 0 amide bonds. The lowest BCUT2D eigenvalue weighted by atomic mass is 10.4. The Morgan fingerprint density at radius 1 is 1.50 bits per heavy atom. The second-order valence-electron chi connectivity index (χ2n) is 3.00. The van der Waals surface area contributed by atoms with Crippen molar-refractivity contribution in [2.24, 2.45) is 4.99 Å². The van der Waals surface area contributed by atoms with E-state index < -0.39 is 0 Å². The Morgan fingerprint density at radius 2 is 2.29 bits per heavy atom. The summed E-state index contributed by atoms with van der Waals surface area (Å²) in [5.41, 5.74) is 0. The smallest absolute Gasteiger partial charge is 0.207 e. The molecule has 1 aromatic rings. The molecule has 0 radical (unpaired) electrons. The summed E-state index contributed by atoms with van der Waals surface area (Å²) in [5.74, 6) is 0.800. The molecule has 2 rings (SSSR count). The number of halogens is 1. The van der Waals surface area contributed by atoms with E-state index in [1.807, 2.05) is 13.8 Å². The third-order valence-electron chi connectivity index (χ3n) is 1.43. The number of nitrogens with zero attached hydrogens (tertiary/aromatic N) is 2. The van der Waals surface area contributed by atoms with Crippen molar-refractivity contribution < 1.29 is 0 Å². The van der Waals surface area contributed by atoms with E-state index in [9.17, 15) is 0 Å². The van der Waals surface area contributed by atoms with Gasteiger partial charge in [-0.05, 0) is 29.8 Å². The quantitative estimate of drug-likeness (QED) is 0.782. The summed E-state index contributed by atoms with van der Waals surface area (Å²) in [5, 5.41) is 5.20. The van der Waals surface area contributed by atoms with Gasteiger partial charge in [-0.15, -0.1) is 0 Å². The van der Waals surface area contributed by atoms with Crippen molar-refractivity contribution in [1.82, 2.24) is 9.71 Å². The summed E-state index contributed by atoms with van der Waals surface area (Å²) in [6, 6.07) is 0.281. The van der Waals surface area contributed by atoms with Crippen molar-refractivity contribution in [2.45, 2.75) is 24.9 Å². The molecule has 0 bridgehead atoms. The topological polar surface area (TPSA) is 49.3 Å². The molecule has 0 aromatic carbocycles. The summed E-state index contributed by atoms with van der Waals surface area (Å²) in [6.45, 7) is 4.08. The molecule has 0 unspecified atom stereocenters. The Hall–Kier alpha value is -0.270. The van der Waals surface area contributed by atoms with E-state index in [0.717, 1.165) is 19.9 Å². The van der Waals surface area contributed by atoms with E-state index in [2.05, 4.69) is 35.9 Å². The second kappa shape index (κ2) is 4.08. The summed E-state index contributed by atoms with van der Waals surface area (Å²) in [7, 11) is 0. The SMILES string of the molecule is CC(C)N=C1NSc2nc(Br)sc2N1. The van der Waals surface area contributed by atoms with Gasteiger partial charge >= 0.3 is 0 Å². The van der Waals surface area contributed by atoms with Crippen molar-refractivity contribution in [1.29, 1.82) is 0 Å². The number of thiazole rings is 1. The summed E-state index contributed by atoms with van der Waals surface area (Å²) in [4.78, 5) is 8.66. The van der Waals surface area contributed by atoms with Crippen molar-refractivity contribution in [2.75, 3.05) is 5.32 Å². The maximum atomic E-state index is 4.38. The van der Waals surface area contributed by atoms with E-state index in [1.165, 1.54) is 11.9 Å². The highest BCUT2D eigenvalue weighted by molar-refractivity contribution is 9.11. The Bertz CT molecular complexity index is 374. The van der Waals surface area contributed by atoms with Gasteiger partial charge in [-0.1, -0.05) is 11.3 Å². The lowest BCUT2D eigenvalue weighted by molar-refractivity contribution is 0.830. The van der Waals surface area contributed by atoms with E-state index in [4.69, 9.17) is 0 Å². The largest absolute Gasteiger partial charge is 0.315 e. The predicted molar refractivity (Wildman–Crippen MR) is 65.0 cm³/mol. The van der Waals surface area contributed by atoms with Gasteiger partial charge in [0.2, 0.25) is 5.96 Å². The van der Waals surface area contributed by atoms with Gasteiger partial charge in [-0.2, -0.15) is 0 Å². The molecule has 14 heavy (non-hydrogen) atoms. The molecular formula is C7H9BrN4S2. The monoisotopic (exact) mass is 292 g/mol. The van der Waals surface area contributed by atoms with E-state index in [1.54, 1.807) is 11.3 Å². The highest BCUT2D eigenvalue weighted by atomic mass is 79.9. The predicted octanol–water partition coefficient (Wildman–Crippen LogP) is 2.69. The van der Waals surface area contributed by atoms with Crippen LogP contribution >= 0.6 is 39.2 Å². The Balaban J connectivity index is 2.21. The van der Waals surface area contributed by atoms with Crippen LogP contribution in [0.15, 0.2) is 13.9 Å². The highest BCUT2D eigenvalue weighted by Crippen LogP contribution is 2.36. The summed E-state index contributed by atoms with van der Waals surface area (Å²) in [6.07, 6.45) is 0. The molecule has 4 nitrogen and oxygen atoms in total. The molecule has 0 saturated heterocycles. The molecule has 0 saturated carbocycles. The number of anilines is 1. The van der Waals surface area contributed by atoms with Crippen LogP contribution < -0.4 is 10.0 Å². The van der Waals surface area contributed by atoms with Crippen molar-refractivity contribution in [3.05, 3.63) is 3.92 Å². The van der Waals surface area contributed by atoms with Gasteiger partial charge in [0.15, 0.2) is 8.94 Å². The first kappa shape index (κ1) is 10.3. The molecule has 0 atom stereocenters. The van der Waals surface area contributed by atoms with Crippen LogP contribution in [0.1, 0.15) is 13.8 Å². The molecule has 76 valence electrons. The molecule has 1 aliphatic heterocycles. The Labute approximate surface area is 98.9 Å². The van der Waals surface area contributed by atoms with Gasteiger partial charge in [0.05, 0.1) is 0 Å². The molecule has 1 aliphatic rings. The fourth-order valence-corrected chi connectivity index (χ4v) is 3.23. The van der Waals surface area contributed by atoms with Crippen molar-refractivity contribution in [3.8, 4) is 0 Å². The molecule has 1 aromatic heterocycles. The maximum Gasteiger partial charge on any atom is 0.207 e. The lowest BCUT2D eigenvalue weighted by Gasteiger charge is -2.16. The van der Waals surface area contributed by atoms with Crippen LogP contribution in [0.2, 0.25) is 0 Å². The zero-order chi connectivity index (χ0) is 10.1. The summed E-state index contributed by atoms with van der Waals surface area (Å²) < 4.78 is 3.98. The van der Waals surface area contributed by atoms with Gasteiger partial charge in [-0.25, -0.2) is 9.98 Å². The minimum Gasteiger partial charge on any atom is -0.315 e. The minimum absolute atomic E-state index is 0.281. The molecule has 2 N–H and O–H groups in total. The number of fused-ring (bicyclic) bond motifs is 1. The van der Waals surface area contributed by atoms with Gasteiger partial charge in [0, 0.05) is 18.0 Å². The Kier molecular flexibility index (Phi) is 2.99. The molecular weight excluding hydrogens is 284 g/mol. The van der Waals surface area contributed by atoms with Crippen LogP contribution in [0.3, 0.4) is 0 Å². The number of aliphatic imine (C=N–C) groups is 1. The zero-order valence-corrected chi connectivity index (χ0v) is 10.9. The molecule has 7 heteroatoms. The third-order valence-corrected chi connectivity index (χ3v) is 3.77. The number of hydrogen-bond acceptors (Lipinski definition) is 4. The van der Waals surface area contributed by atoms with E-state index in [-0.39, 0.29) is 6.04 Å². The average molecular weight is 293 g/mol. The normalized spacial score (nSPS) is 17.9. The number of aromatic nitrogens is 1. The first-order valence-corrected chi connectivity index (χ1v) is 6.52. The van der Waals surface area contributed by atoms with Gasteiger partial charge in [0.25, 0.3) is 0 Å². The lowest BCUT2D eigenvalue weighted by Crippen LogP contribution is -2.29. The van der Waals surface area contributed by atoms with Gasteiger partial charge in [0.1, 0.15) is 5.00 Å². The van der Waals surface area contributed by atoms with Crippen LogP contribution in [-0.4, -0.2) is 17.0 Å².